The van der Waals surface area contributed by atoms with Gasteiger partial charge in [0.2, 0.25) is 0 Å². The summed E-state index contributed by atoms with van der Waals surface area (Å²) in [7, 11) is 0. The summed E-state index contributed by atoms with van der Waals surface area (Å²) in [6.45, 7) is 0. The Morgan fingerprint density at radius 2 is 2.36 bits per heavy atom. The number of aromatic nitrogens is 1. The molecule has 1 aromatic heterocycles. The fourth-order valence-electron chi connectivity index (χ4n) is 0.967. The van der Waals surface area contributed by atoms with Crippen LogP contribution in [0.1, 0.15) is 0 Å². The minimum atomic E-state index is 0.858. The molecule has 11 heavy (non-hydrogen) atoms. The largest absolute Gasteiger partial charge is 0.356 e. The maximum absolute atomic E-state index is 5.00. The zero-order chi connectivity index (χ0) is 7.68. The van der Waals surface area contributed by atoms with Gasteiger partial charge in [-0.05, 0) is 24.5 Å². The number of benzene rings is 1. The van der Waals surface area contributed by atoms with Crippen LogP contribution in [-0.2, 0) is 0 Å². The Morgan fingerprint density at radius 3 is 3.18 bits per heavy atom. The van der Waals surface area contributed by atoms with E-state index >= 15 is 0 Å². The Labute approximate surface area is 68.6 Å². The van der Waals surface area contributed by atoms with Gasteiger partial charge in [-0.25, -0.2) is 0 Å². The highest BCUT2D eigenvalue weighted by molar-refractivity contribution is 7.98. The molecule has 0 spiro atoms. The normalized spacial score (nSPS) is 10.6. The van der Waals surface area contributed by atoms with Crippen molar-refractivity contribution >= 4 is 22.7 Å². The fourth-order valence-corrected chi connectivity index (χ4v) is 1.40. The van der Waals surface area contributed by atoms with E-state index in [1.807, 2.05) is 18.4 Å². The molecule has 0 aliphatic carbocycles. The summed E-state index contributed by atoms with van der Waals surface area (Å²) >= 11 is 1.70. The first-order chi connectivity index (χ1) is 5.40. The van der Waals surface area contributed by atoms with Crippen LogP contribution in [0.4, 0.5) is 0 Å². The summed E-state index contributed by atoms with van der Waals surface area (Å²) in [5.41, 5.74) is 0.858. The summed E-state index contributed by atoms with van der Waals surface area (Å²) in [6, 6.07) is 6.06. The monoisotopic (exact) mass is 165 g/mol. The number of hydrogen-bond donors (Lipinski definition) is 0. The standard InChI is InChI=1S/C8H7NOS/c1-11-7-3-2-6-5-9-10-8(6)4-7/h2-5H,1H3. The lowest BCUT2D eigenvalue weighted by molar-refractivity contribution is 0.456. The molecule has 56 valence electrons. The molecular weight excluding hydrogens is 158 g/mol. The molecule has 0 saturated carbocycles. The van der Waals surface area contributed by atoms with Gasteiger partial charge in [0.1, 0.15) is 0 Å². The van der Waals surface area contributed by atoms with Crippen LogP contribution < -0.4 is 0 Å². The van der Waals surface area contributed by atoms with Gasteiger partial charge in [-0.3, -0.25) is 0 Å². The first-order valence-electron chi connectivity index (χ1n) is 3.28. The topological polar surface area (TPSA) is 26.0 Å². The van der Waals surface area contributed by atoms with Gasteiger partial charge in [-0.2, -0.15) is 0 Å². The predicted octanol–water partition coefficient (Wildman–Crippen LogP) is 2.55. The fraction of sp³-hybridized carbons (Fsp3) is 0.125. The second-order valence-electron chi connectivity index (χ2n) is 2.23. The lowest BCUT2D eigenvalue weighted by atomic mass is 10.3. The van der Waals surface area contributed by atoms with E-state index in [2.05, 4.69) is 11.2 Å². The number of fused-ring (bicyclic) bond motifs is 1. The zero-order valence-electron chi connectivity index (χ0n) is 6.07. The highest BCUT2D eigenvalue weighted by atomic mass is 32.2. The molecule has 0 aliphatic heterocycles. The van der Waals surface area contributed by atoms with Crippen molar-refractivity contribution in [1.82, 2.24) is 5.16 Å². The van der Waals surface area contributed by atoms with E-state index in [1.54, 1.807) is 18.0 Å². The van der Waals surface area contributed by atoms with Gasteiger partial charge in [0.05, 0.1) is 6.20 Å². The van der Waals surface area contributed by atoms with Crippen molar-refractivity contribution in [1.29, 1.82) is 0 Å². The van der Waals surface area contributed by atoms with E-state index in [9.17, 15) is 0 Å². The second kappa shape index (κ2) is 2.58. The van der Waals surface area contributed by atoms with Gasteiger partial charge < -0.3 is 4.52 Å². The maximum atomic E-state index is 5.00. The van der Waals surface area contributed by atoms with Crippen LogP contribution in [0.25, 0.3) is 11.0 Å². The molecule has 1 heterocycles. The minimum absolute atomic E-state index is 0.858. The van der Waals surface area contributed by atoms with Crippen molar-refractivity contribution in [2.45, 2.75) is 4.90 Å². The summed E-state index contributed by atoms with van der Waals surface area (Å²) in [4.78, 5) is 1.20. The molecule has 0 bridgehead atoms. The molecule has 0 amide bonds. The van der Waals surface area contributed by atoms with Crippen molar-refractivity contribution in [2.75, 3.05) is 6.26 Å². The summed E-state index contributed by atoms with van der Waals surface area (Å²) in [5.74, 6) is 0. The van der Waals surface area contributed by atoms with Crippen LogP contribution >= 0.6 is 11.8 Å². The number of hydrogen-bond acceptors (Lipinski definition) is 3. The molecule has 1 aromatic carbocycles. The van der Waals surface area contributed by atoms with E-state index in [0.717, 1.165) is 11.0 Å². The van der Waals surface area contributed by atoms with Crippen LogP contribution in [0.2, 0.25) is 0 Å². The molecule has 0 aliphatic rings. The molecule has 2 rings (SSSR count). The van der Waals surface area contributed by atoms with Crippen LogP contribution in [0.15, 0.2) is 33.8 Å². The molecule has 2 nitrogen and oxygen atoms in total. The lowest BCUT2D eigenvalue weighted by Gasteiger charge is -1.92. The van der Waals surface area contributed by atoms with E-state index in [4.69, 9.17) is 4.52 Å². The minimum Gasteiger partial charge on any atom is -0.356 e. The molecule has 0 unspecified atom stereocenters. The Hall–Kier alpha value is -0.960. The quantitative estimate of drug-likeness (QED) is 0.607. The van der Waals surface area contributed by atoms with E-state index < -0.39 is 0 Å². The molecular formula is C8H7NOS. The zero-order valence-corrected chi connectivity index (χ0v) is 6.89. The SMILES string of the molecule is CSc1ccc2cnoc2c1. The number of nitrogens with zero attached hydrogens (tertiary/aromatic N) is 1. The van der Waals surface area contributed by atoms with Crippen LogP contribution in [-0.4, -0.2) is 11.4 Å². The van der Waals surface area contributed by atoms with Gasteiger partial charge in [0.25, 0.3) is 0 Å². The summed E-state index contributed by atoms with van der Waals surface area (Å²) in [6.07, 6.45) is 3.76. The summed E-state index contributed by atoms with van der Waals surface area (Å²) in [5, 5.41) is 4.75. The number of rotatable bonds is 1. The van der Waals surface area contributed by atoms with Crippen molar-refractivity contribution in [3.63, 3.8) is 0 Å². The Morgan fingerprint density at radius 1 is 1.45 bits per heavy atom. The second-order valence-corrected chi connectivity index (χ2v) is 3.11. The first-order valence-corrected chi connectivity index (χ1v) is 4.51. The van der Waals surface area contributed by atoms with E-state index in [0.29, 0.717) is 0 Å². The van der Waals surface area contributed by atoms with E-state index in [1.165, 1.54) is 4.90 Å². The first kappa shape index (κ1) is 6.73. The molecule has 0 N–H and O–H groups in total. The summed E-state index contributed by atoms with van der Waals surface area (Å²) < 4.78 is 5.00. The third-order valence-corrected chi connectivity index (χ3v) is 2.29. The molecule has 0 fully saturated rings. The third kappa shape index (κ3) is 1.12. The lowest BCUT2D eigenvalue weighted by Crippen LogP contribution is -1.67. The van der Waals surface area contributed by atoms with Crippen molar-refractivity contribution in [2.24, 2.45) is 0 Å². The van der Waals surface area contributed by atoms with E-state index in [-0.39, 0.29) is 0 Å². The molecule has 3 heteroatoms. The van der Waals surface area contributed by atoms with Gasteiger partial charge in [-0.1, -0.05) is 5.16 Å². The van der Waals surface area contributed by atoms with Crippen molar-refractivity contribution in [3.8, 4) is 0 Å². The van der Waals surface area contributed by atoms with Gasteiger partial charge >= 0.3 is 0 Å². The average molecular weight is 165 g/mol. The van der Waals surface area contributed by atoms with Crippen LogP contribution in [0.5, 0.6) is 0 Å². The van der Waals surface area contributed by atoms with Gasteiger partial charge in [0.15, 0.2) is 5.58 Å². The van der Waals surface area contributed by atoms with Gasteiger partial charge in [0, 0.05) is 10.3 Å². The Balaban J connectivity index is 2.67. The van der Waals surface area contributed by atoms with Gasteiger partial charge in [-0.15, -0.1) is 11.8 Å². The average Bonchev–Trinajstić information content (AvgIpc) is 2.50. The van der Waals surface area contributed by atoms with Crippen molar-refractivity contribution < 1.29 is 4.52 Å². The highest BCUT2D eigenvalue weighted by Gasteiger charge is 1.97. The number of thioether (sulfide) groups is 1. The van der Waals surface area contributed by atoms with Crippen LogP contribution in [0.3, 0.4) is 0 Å². The Kier molecular flexibility index (Phi) is 1.58. The highest BCUT2D eigenvalue weighted by Crippen LogP contribution is 2.20. The third-order valence-electron chi connectivity index (χ3n) is 1.56. The van der Waals surface area contributed by atoms with Crippen LogP contribution in [0, 0.1) is 0 Å². The molecule has 0 saturated heterocycles. The molecule has 0 radical (unpaired) electrons. The smallest absolute Gasteiger partial charge is 0.167 e. The van der Waals surface area contributed by atoms with Crippen molar-refractivity contribution in [3.05, 3.63) is 24.4 Å². The molecule has 0 atom stereocenters. The molecule has 2 aromatic rings. The maximum Gasteiger partial charge on any atom is 0.167 e. The predicted molar refractivity (Wildman–Crippen MR) is 45.8 cm³/mol. The Bertz CT molecular complexity index is 369.